The van der Waals surface area contributed by atoms with Crippen LogP contribution in [0.4, 0.5) is 0 Å². The van der Waals surface area contributed by atoms with Gasteiger partial charge in [0.1, 0.15) is 0 Å². The van der Waals surface area contributed by atoms with Gasteiger partial charge in [0.25, 0.3) is 0 Å². The van der Waals surface area contributed by atoms with Gasteiger partial charge in [-0.25, -0.2) is 0 Å². The highest BCUT2D eigenvalue weighted by atomic mass is 14.9. The van der Waals surface area contributed by atoms with E-state index in [0.29, 0.717) is 6.04 Å². The molecule has 0 unspecified atom stereocenters. The largest absolute Gasteiger partial charge is 0.310 e. The minimum absolute atomic E-state index is 0.617. The molecule has 1 heteroatoms. The number of hydrogen-bond donors (Lipinski definition) is 1. The third-order valence-corrected chi connectivity index (χ3v) is 2.82. The van der Waals surface area contributed by atoms with Gasteiger partial charge < -0.3 is 5.32 Å². The zero-order chi connectivity index (χ0) is 9.10. The molecule has 0 radical (unpaired) electrons. The van der Waals surface area contributed by atoms with E-state index in [2.05, 4.69) is 36.5 Å². The van der Waals surface area contributed by atoms with Gasteiger partial charge in [-0.3, -0.25) is 0 Å². The molecule has 1 aliphatic heterocycles. The lowest BCUT2D eigenvalue weighted by atomic mass is 10.0. The summed E-state index contributed by atoms with van der Waals surface area (Å²) in [6.07, 6.45) is 3.76. The number of hydrogen-bond acceptors (Lipinski definition) is 1. The third kappa shape index (κ3) is 1.92. The summed E-state index contributed by atoms with van der Waals surface area (Å²) in [4.78, 5) is 0. The summed E-state index contributed by atoms with van der Waals surface area (Å²) in [6, 6.07) is 9.57. The van der Waals surface area contributed by atoms with E-state index >= 15 is 0 Å². The molecule has 2 rings (SSSR count). The van der Waals surface area contributed by atoms with Crippen molar-refractivity contribution >= 4 is 0 Å². The zero-order valence-corrected chi connectivity index (χ0v) is 8.22. The smallest absolute Gasteiger partial charge is 0.0320 e. The van der Waals surface area contributed by atoms with Gasteiger partial charge in [0.2, 0.25) is 0 Å². The fourth-order valence-corrected chi connectivity index (χ4v) is 2.00. The number of nitrogens with one attached hydrogen (secondary N) is 1. The van der Waals surface area contributed by atoms with Crippen LogP contribution in [0.3, 0.4) is 0 Å². The molecular weight excluding hydrogens is 158 g/mol. The van der Waals surface area contributed by atoms with Crippen LogP contribution >= 0.6 is 0 Å². The Hall–Kier alpha value is -0.820. The summed E-state index contributed by atoms with van der Waals surface area (Å²) >= 11 is 0. The van der Waals surface area contributed by atoms with Gasteiger partial charge in [-0.15, -0.1) is 0 Å². The highest BCUT2D eigenvalue weighted by Gasteiger charge is 2.15. The van der Waals surface area contributed by atoms with Crippen molar-refractivity contribution < 1.29 is 0 Å². The molecule has 1 N–H and O–H groups in total. The Balaban J connectivity index is 2.18. The van der Waals surface area contributed by atoms with E-state index in [-0.39, 0.29) is 0 Å². The second-order valence-electron chi connectivity index (χ2n) is 3.75. The maximum absolute atomic E-state index is 3.52. The SMILES string of the molecule is CCc1cccc([C@H]2CCCN2)c1. The maximum atomic E-state index is 3.52. The molecule has 1 atom stereocenters. The summed E-state index contributed by atoms with van der Waals surface area (Å²) in [5, 5.41) is 3.52. The average molecular weight is 175 g/mol. The molecule has 13 heavy (non-hydrogen) atoms. The van der Waals surface area contributed by atoms with Crippen LogP contribution in [0.1, 0.15) is 36.9 Å². The van der Waals surface area contributed by atoms with Crippen LogP contribution in [0.25, 0.3) is 0 Å². The average Bonchev–Trinajstić information content (AvgIpc) is 2.71. The lowest BCUT2D eigenvalue weighted by molar-refractivity contribution is 0.647. The fraction of sp³-hybridized carbons (Fsp3) is 0.500. The van der Waals surface area contributed by atoms with Crippen molar-refractivity contribution in [1.82, 2.24) is 5.32 Å². The Morgan fingerprint density at radius 2 is 2.38 bits per heavy atom. The van der Waals surface area contributed by atoms with Crippen LogP contribution in [-0.2, 0) is 6.42 Å². The van der Waals surface area contributed by atoms with E-state index in [1.165, 1.54) is 30.5 Å². The van der Waals surface area contributed by atoms with E-state index in [1.807, 2.05) is 0 Å². The van der Waals surface area contributed by atoms with E-state index in [9.17, 15) is 0 Å². The van der Waals surface area contributed by atoms with Gasteiger partial charge in [0.15, 0.2) is 0 Å². The van der Waals surface area contributed by atoms with E-state index in [0.717, 1.165) is 6.42 Å². The highest BCUT2D eigenvalue weighted by molar-refractivity contribution is 5.26. The molecule has 1 aromatic carbocycles. The molecule has 0 saturated carbocycles. The lowest BCUT2D eigenvalue weighted by Gasteiger charge is -2.11. The second kappa shape index (κ2) is 3.93. The summed E-state index contributed by atoms with van der Waals surface area (Å²) in [5.41, 5.74) is 2.92. The van der Waals surface area contributed by atoms with Gasteiger partial charge in [-0.05, 0) is 36.9 Å². The molecule has 0 spiro atoms. The predicted octanol–water partition coefficient (Wildman–Crippen LogP) is 2.67. The first-order valence-electron chi connectivity index (χ1n) is 5.22. The minimum atomic E-state index is 0.617. The van der Waals surface area contributed by atoms with Crippen LogP contribution in [-0.4, -0.2) is 6.54 Å². The first-order valence-corrected chi connectivity index (χ1v) is 5.22. The molecule has 0 aliphatic carbocycles. The molecule has 0 aromatic heterocycles. The minimum Gasteiger partial charge on any atom is -0.310 e. The first-order chi connectivity index (χ1) is 6.40. The first kappa shape index (κ1) is 8.76. The summed E-state index contributed by atoms with van der Waals surface area (Å²) in [5.74, 6) is 0. The topological polar surface area (TPSA) is 12.0 Å². The van der Waals surface area contributed by atoms with Crippen molar-refractivity contribution in [2.45, 2.75) is 32.2 Å². The summed E-state index contributed by atoms with van der Waals surface area (Å²) < 4.78 is 0. The highest BCUT2D eigenvalue weighted by Crippen LogP contribution is 2.23. The zero-order valence-electron chi connectivity index (χ0n) is 8.22. The van der Waals surface area contributed by atoms with Gasteiger partial charge in [0.05, 0.1) is 0 Å². The van der Waals surface area contributed by atoms with Crippen molar-refractivity contribution in [2.75, 3.05) is 6.54 Å². The Morgan fingerprint density at radius 3 is 3.08 bits per heavy atom. The third-order valence-electron chi connectivity index (χ3n) is 2.82. The molecule has 1 nitrogen and oxygen atoms in total. The van der Waals surface area contributed by atoms with Gasteiger partial charge >= 0.3 is 0 Å². The van der Waals surface area contributed by atoms with Crippen LogP contribution in [0.5, 0.6) is 0 Å². The predicted molar refractivity (Wildman–Crippen MR) is 55.8 cm³/mol. The quantitative estimate of drug-likeness (QED) is 0.728. The Labute approximate surface area is 80.2 Å². The second-order valence-corrected chi connectivity index (χ2v) is 3.75. The summed E-state index contributed by atoms with van der Waals surface area (Å²) in [6.45, 7) is 3.39. The summed E-state index contributed by atoms with van der Waals surface area (Å²) in [7, 11) is 0. The molecule has 0 amide bonds. The van der Waals surface area contributed by atoms with Gasteiger partial charge in [-0.1, -0.05) is 31.2 Å². The van der Waals surface area contributed by atoms with Crippen molar-refractivity contribution in [2.24, 2.45) is 0 Å². The maximum Gasteiger partial charge on any atom is 0.0320 e. The van der Waals surface area contributed by atoms with E-state index < -0.39 is 0 Å². The Bertz CT molecular complexity index is 274. The van der Waals surface area contributed by atoms with Crippen LogP contribution < -0.4 is 5.32 Å². The van der Waals surface area contributed by atoms with E-state index in [4.69, 9.17) is 0 Å². The lowest BCUT2D eigenvalue weighted by Crippen LogP contribution is -2.12. The van der Waals surface area contributed by atoms with Crippen molar-refractivity contribution in [3.63, 3.8) is 0 Å². The molecule has 70 valence electrons. The van der Waals surface area contributed by atoms with Crippen LogP contribution in [0, 0.1) is 0 Å². The van der Waals surface area contributed by atoms with Gasteiger partial charge in [-0.2, -0.15) is 0 Å². The Morgan fingerprint density at radius 1 is 1.46 bits per heavy atom. The molecule has 1 aromatic rings. The molecule has 1 heterocycles. The van der Waals surface area contributed by atoms with E-state index in [1.54, 1.807) is 0 Å². The number of benzene rings is 1. The van der Waals surface area contributed by atoms with Crippen molar-refractivity contribution in [3.05, 3.63) is 35.4 Å². The van der Waals surface area contributed by atoms with Crippen molar-refractivity contribution in [3.8, 4) is 0 Å². The van der Waals surface area contributed by atoms with Crippen LogP contribution in [0.15, 0.2) is 24.3 Å². The normalized spacial score (nSPS) is 22.1. The molecule has 1 aliphatic rings. The fourth-order valence-electron chi connectivity index (χ4n) is 2.00. The van der Waals surface area contributed by atoms with Crippen molar-refractivity contribution in [1.29, 1.82) is 0 Å². The Kier molecular flexibility index (Phi) is 2.65. The monoisotopic (exact) mass is 175 g/mol. The molecule has 1 fully saturated rings. The number of aryl methyl sites for hydroxylation is 1. The van der Waals surface area contributed by atoms with Gasteiger partial charge in [0, 0.05) is 6.04 Å². The molecular formula is C12H17N. The number of rotatable bonds is 2. The standard InChI is InChI=1S/C12H17N/c1-2-10-5-3-6-11(9-10)12-7-4-8-13-12/h3,5-6,9,12-13H,2,4,7-8H2,1H3/t12-/m1/s1. The molecule has 1 saturated heterocycles. The molecule has 0 bridgehead atoms. The van der Waals surface area contributed by atoms with Crippen LogP contribution in [0.2, 0.25) is 0 Å².